The topological polar surface area (TPSA) is 108 Å². The summed E-state index contributed by atoms with van der Waals surface area (Å²) in [6, 6.07) is -0.801. The molecule has 0 bridgehead atoms. The van der Waals surface area contributed by atoms with Crippen molar-refractivity contribution in [3.63, 3.8) is 0 Å². The van der Waals surface area contributed by atoms with E-state index in [0.29, 0.717) is 23.9 Å². The van der Waals surface area contributed by atoms with E-state index in [0.717, 1.165) is 51.4 Å². The van der Waals surface area contributed by atoms with E-state index in [4.69, 9.17) is 9.05 Å². The second-order valence-electron chi connectivity index (χ2n) is 19.6. The Morgan fingerprint density at radius 1 is 0.557 bits per heavy atom. The highest BCUT2D eigenvalue weighted by molar-refractivity contribution is 7.45. The minimum absolute atomic E-state index is 0.0127. The van der Waals surface area contributed by atoms with Gasteiger partial charge in [0.2, 0.25) is 5.91 Å². The number of rotatable bonds is 49. The summed E-state index contributed by atoms with van der Waals surface area (Å²) in [7, 11) is 1.31. The monoisotopic (exact) mass is 885 g/mol. The van der Waals surface area contributed by atoms with E-state index in [-0.39, 0.29) is 19.1 Å². The zero-order valence-electron chi connectivity index (χ0n) is 41.4. The molecular weight excluding hydrogens is 780 g/mol. The van der Waals surface area contributed by atoms with Crippen molar-refractivity contribution in [1.29, 1.82) is 0 Å². The number of allylic oxidation sites excluding steroid dienone is 2. The number of unbranched alkanes of at least 4 members (excludes halogenated alkanes) is 34. The predicted octanol–water partition coefficient (Wildman–Crippen LogP) is 14.8. The molecule has 0 aliphatic rings. The van der Waals surface area contributed by atoms with Crippen molar-refractivity contribution in [1.82, 2.24) is 5.32 Å². The molecule has 8 nitrogen and oxygen atoms in total. The van der Waals surface area contributed by atoms with Gasteiger partial charge >= 0.3 is 0 Å². The molecule has 364 valence electrons. The SMILES string of the molecule is CCCCCCC/C=C\CCCCCCCC(=O)NC(COP(=O)([O-])OCC[N+](C)(C)C)C(O)CCCCCCCCCCCCCCCCCCCCCCCCCCC. The van der Waals surface area contributed by atoms with Crippen molar-refractivity contribution in [2.24, 2.45) is 0 Å². The quantitative estimate of drug-likeness (QED) is 0.0273. The van der Waals surface area contributed by atoms with Crippen LogP contribution in [0.25, 0.3) is 0 Å². The van der Waals surface area contributed by atoms with Crippen LogP contribution >= 0.6 is 7.82 Å². The lowest BCUT2D eigenvalue weighted by molar-refractivity contribution is -0.870. The lowest BCUT2D eigenvalue weighted by atomic mass is 10.0. The number of hydrogen-bond donors (Lipinski definition) is 2. The molecule has 0 spiro atoms. The number of carbonyl (C=O) groups excluding carboxylic acids is 1. The molecule has 3 atom stereocenters. The van der Waals surface area contributed by atoms with Crippen LogP contribution in [0.2, 0.25) is 0 Å². The summed E-state index contributed by atoms with van der Waals surface area (Å²) in [5.41, 5.74) is 0. The average molecular weight is 885 g/mol. The van der Waals surface area contributed by atoms with Crippen molar-refractivity contribution in [2.75, 3.05) is 40.9 Å². The average Bonchev–Trinajstić information content (AvgIpc) is 3.21. The summed E-state index contributed by atoms with van der Waals surface area (Å²) in [6.07, 6.45) is 52.3. The molecule has 0 fully saturated rings. The number of nitrogens with zero attached hydrogens (tertiary/aromatic N) is 1. The number of carbonyl (C=O) groups is 1. The first kappa shape index (κ1) is 60.2. The van der Waals surface area contributed by atoms with Crippen LogP contribution < -0.4 is 10.2 Å². The minimum atomic E-state index is -4.57. The molecule has 0 rings (SSSR count). The van der Waals surface area contributed by atoms with Gasteiger partial charge in [-0.25, -0.2) is 0 Å². The summed E-state index contributed by atoms with van der Waals surface area (Å²) in [4.78, 5) is 25.4. The lowest BCUT2D eigenvalue weighted by Crippen LogP contribution is -2.46. The van der Waals surface area contributed by atoms with Crippen LogP contribution in [0.5, 0.6) is 0 Å². The number of nitrogens with one attached hydrogen (secondary N) is 1. The molecule has 0 saturated carbocycles. The number of phosphoric acid groups is 1. The Bertz CT molecular complexity index is 1000. The lowest BCUT2D eigenvalue weighted by Gasteiger charge is -2.30. The summed E-state index contributed by atoms with van der Waals surface area (Å²) < 4.78 is 23.3. The third-order valence-corrected chi connectivity index (χ3v) is 13.2. The molecule has 61 heavy (non-hydrogen) atoms. The number of quaternary nitrogens is 1. The number of amides is 1. The highest BCUT2D eigenvalue weighted by Crippen LogP contribution is 2.38. The zero-order valence-corrected chi connectivity index (χ0v) is 42.3. The van der Waals surface area contributed by atoms with E-state index < -0.39 is 20.0 Å². The van der Waals surface area contributed by atoms with Gasteiger partial charge in [0.25, 0.3) is 7.82 Å². The van der Waals surface area contributed by atoms with Crippen molar-refractivity contribution >= 4 is 13.7 Å². The number of hydrogen-bond acceptors (Lipinski definition) is 6. The van der Waals surface area contributed by atoms with Crippen LogP contribution in [0, 0.1) is 0 Å². The summed E-state index contributed by atoms with van der Waals surface area (Å²) in [5, 5.41) is 14.0. The first-order chi connectivity index (χ1) is 29.5. The van der Waals surface area contributed by atoms with E-state index in [1.54, 1.807) is 0 Å². The Morgan fingerprint density at radius 2 is 0.902 bits per heavy atom. The first-order valence-corrected chi connectivity index (χ1v) is 28.0. The van der Waals surface area contributed by atoms with Gasteiger partial charge < -0.3 is 28.8 Å². The molecule has 0 saturated heterocycles. The van der Waals surface area contributed by atoms with Crippen molar-refractivity contribution in [2.45, 2.75) is 276 Å². The third kappa shape index (κ3) is 47.0. The third-order valence-electron chi connectivity index (χ3n) is 12.3. The molecule has 0 radical (unpaired) electrons. The molecule has 3 unspecified atom stereocenters. The molecule has 0 aromatic heterocycles. The smallest absolute Gasteiger partial charge is 0.268 e. The van der Waals surface area contributed by atoms with Crippen LogP contribution in [-0.2, 0) is 18.4 Å². The Hall–Kier alpha value is -0.760. The van der Waals surface area contributed by atoms with Gasteiger partial charge in [0.1, 0.15) is 13.2 Å². The fraction of sp³-hybridized carbons (Fsp3) is 0.942. The standard InChI is InChI=1S/C52H105N2O6P/c1-6-8-10-12-14-16-18-20-22-23-24-25-26-27-28-29-30-31-32-33-35-37-39-41-43-45-51(55)50(49-60-61(57,58)59-48-47-54(3,4)5)53-52(56)46-44-42-40-38-36-34-21-19-17-15-13-11-9-7-2/h19,21,50-51,55H,6-18,20,22-49H2,1-5H3,(H-,53,56,57,58)/b21-19-. The van der Waals surface area contributed by atoms with Gasteiger partial charge in [0.05, 0.1) is 39.9 Å². The van der Waals surface area contributed by atoms with Gasteiger partial charge in [-0.05, 0) is 38.5 Å². The van der Waals surface area contributed by atoms with Crippen LogP contribution in [0.4, 0.5) is 0 Å². The van der Waals surface area contributed by atoms with E-state index in [2.05, 4.69) is 31.3 Å². The highest BCUT2D eigenvalue weighted by Gasteiger charge is 2.24. The Labute approximate surface area is 380 Å². The van der Waals surface area contributed by atoms with E-state index in [1.807, 2.05) is 21.1 Å². The minimum Gasteiger partial charge on any atom is -0.756 e. The summed E-state index contributed by atoms with van der Waals surface area (Å²) in [6.45, 7) is 4.73. The number of likely N-dealkylation sites (N-methyl/N-ethyl adjacent to an activating group) is 1. The first-order valence-electron chi connectivity index (χ1n) is 26.5. The van der Waals surface area contributed by atoms with E-state index in [1.165, 1.54) is 186 Å². The number of aliphatic hydroxyl groups is 1. The molecular formula is C52H105N2O6P. The summed E-state index contributed by atoms with van der Waals surface area (Å²) in [5.74, 6) is -0.170. The Morgan fingerprint density at radius 3 is 1.28 bits per heavy atom. The maximum atomic E-state index is 12.9. The van der Waals surface area contributed by atoms with Crippen molar-refractivity contribution in [3.8, 4) is 0 Å². The normalized spacial score (nSPS) is 14.1. The van der Waals surface area contributed by atoms with Crippen molar-refractivity contribution in [3.05, 3.63) is 12.2 Å². The van der Waals surface area contributed by atoms with Crippen LogP contribution in [-0.4, -0.2) is 68.5 Å². The summed E-state index contributed by atoms with van der Waals surface area (Å²) >= 11 is 0. The van der Waals surface area contributed by atoms with Gasteiger partial charge in [0, 0.05) is 6.42 Å². The molecule has 0 aliphatic heterocycles. The fourth-order valence-electron chi connectivity index (χ4n) is 8.04. The molecule has 1 amide bonds. The van der Waals surface area contributed by atoms with Crippen molar-refractivity contribution < 1.29 is 32.9 Å². The molecule has 9 heteroatoms. The maximum Gasteiger partial charge on any atom is 0.268 e. The van der Waals surface area contributed by atoms with E-state index in [9.17, 15) is 19.4 Å². The van der Waals surface area contributed by atoms with E-state index >= 15 is 0 Å². The van der Waals surface area contributed by atoms with Gasteiger partial charge in [-0.15, -0.1) is 0 Å². The van der Waals surface area contributed by atoms with Gasteiger partial charge in [-0.2, -0.15) is 0 Å². The van der Waals surface area contributed by atoms with Gasteiger partial charge in [-0.3, -0.25) is 9.36 Å². The number of phosphoric ester groups is 1. The Kier molecular flexibility index (Phi) is 43.9. The van der Waals surface area contributed by atoms with Gasteiger partial charge in [-0.1, -0.05) is 231 Å². The highest BCUT2D eigenvalue weighted by atomic mass is 31.2. The van der Waals surface area contributed by atoms with Gasteiger partial charge in [0.15, 0.2) is 0 Å². The number of aliphatic hydroxyl groups excluding tert-OH is 1. The zero-order chi connectivity index (χ0) is 45.0. The molecule has 0 aromatic carbocycles. The van der Waals surface area contributed by atoms with Crippen LogP contribution in [0.3, 0.4) is 0 Å². The van der Waals surface area contributed by atoms with Crippen LogP contribution in [0.15, 0.2) is 12.2 Å². The second-order valence-corrected chi connectivity index (χ2v) is 21.0. The largest absolute Gasteiger partial charge is 0.756 e. The molecule has 0 heterocycles. The van der Waals surface area contributed by atoms with Crippen LogP contribution in [0.1, 0.15) is 264 Å². The molecule has 0 aliphatic carbocycles. The Balaban J connectivity index is 4.15. The second kappa shape index (κ2) is 44.4. The fourth-order valence-corrected chi connectivity index (χ4v) is 8.76. The maximum absolute atomic E-state index is 12.9. The predicted molar refractivity (Wildman–Crippen MR) is 261 cm³/mol. The molecule has 0 aromatic rings. The molecule has 2 N–H and O–H groups in total.